The molecule has 0 saturated carbocycles. The topological polar surface area (TPSA) is 34.1 Å². The molecule has 1 aromatic rings. The molecule has 0 bridgehead atoms. The lowest BCUT2D eigenvalue weighted by Crippen LogP contribution is -2.37. The van der Waals surface area contributed by atoms with Crippen LogP contribution in [0.1, 0.15) is 19.4 Å². The van der Waals surface area contributed by atoms with E-state index in [1.54, 1.807) is 7.11 Å². The molecule has 0 spiro atoms. The van der Waals surface area contributed by atoms with E-state index in [0.29, 0.717) is 12.0 Å². The molecule has 0 aliphatic heterocycles. The Bertz CT molecular complexity index is 262. The highest BCUT2D eigenvalue weighted by Crippen LogP contribution is 2.04. The number of nitrogens with zero attached hydrogens (tertiary/aromatic N) is 1. The van der Waals surface area contributed by atoms with Crippen molar-refractivity contribution in [3.05, 3.63) is 30.1 Å². The lowest BCUT2D eigenvalue weighted by Gasteiger charge is -2.21. The van der Waals surface area contributed by atoms with E-state index < -0.39 is 0 Å². The molecular weight excluding hydrogens is 188 g/mol. The van der Waals surface area contributed by atoms with Crippen molar-refractivity contribution in [2.24, 2.45) is 5.92 Å². The van der Waals surface area contributed by atoms with Gasteiger partial charge < -0.3 is 10.1 Å². The molecule has 1 N–H and O–H groups in total. The summed E-state index contributed by atoms with van der Waals surface area (Å²) in [6, 6.07) is 4.46. The van der Waals surface area contributed by atoms with Crippen LogP contribution in [-0.4, -0.2) is 24.7 Å². The van der Waals surface area contributed by atoms with E-state index in [9.17, 15) is 0 Å². The van der Waals surface area contributed by atoms with E-state index in [0.717, 1.165) is 13.2 Å². The molecule has 0 aliphatic rings. The Morgan fingerprint density at radius 2 is 2.00 bits per heavy atom. The molecule has 1 aromatic heterocycles. The minimum absolute atomic E-state index is 0.406. The minimum Gasteiger partial charge on any atom is -0.383 e. The second-order valence-corrected chi connectivity index (χ2v) is 4.04. The molecule has 84 valence electrons. The summed E-state index contributed by atoms with van der Waals surface area (Å²) in [5.41, 5.74) is 1.26. The van der Waals surface area contributed by atoms with E-state index in [4.69, 9.17) is 4.74 Å². The molecule has 0 saturated heterocycles. The van der Waals surface area contributed by atoms with Gasteiger partial charge in [-0.25, -0.2) is 0 Å². The van der Waals surface area contributed by atoms with Crippen molar-refractivity contribution in [2.75, 3.05) is 13.7 Å². The third-order valence-electron chi connectivity index (χ3n) is 2.47. The number of hydrogen-bond donors (Lipinski definition) is 1. The van der Waals surface area contributed by atoms with Crippen LogP contribution in [0.5, 0.6) is 0 Å². The molecule has 3 nitrogen and oxygen atoms in total. The summed E-state index contributed by atoms with van der Waals surface area (Å²) in [5.74, 6) is 0.576. The summed E-state index contributed by atoms with van der Waals surface area (Å²) in [6.07, 6.45) is 3.63. The summed E-state index contributed by atoms with van der Waals surface area (Å²) in [7, 11) is 1.74. The van der Waals surface area contributed by atoms with Crippen LogP contribution < -0.4 is 5.32 Å². The van der Waals surface area contributed by atoms with Crippen molar-refractivity contribution >= 4 is 0 Å². The first kappa shape index (κ1) is 12.1. The Balaban J connectivity index is 2.40. The van der Waals surface area contributed by atoms with Crippen LogP contribution in [0, 0.1) is 5.92 Å². The highest BCUT2D eigenvalue weighted by atomic mass is 16.5. The SMILES string of the molecule is COCC(NCc1ccncc1)C(C)C. The highest BCUT2D eigenvalue weighted by molar-refractivity contribution is 5.09. The van der Waals surface area contributed by atoms with Gasteiger partial charge in [-0.3, -0.25) is 4.98 Å². The molecule has 15 heavy (non-hydrogen) atoms. The Labute approximate surface area is 91.9 Å². The maximum absolute atomic E-state index is 5.18. The van der Waals surface area contributed by atoms with Gasteiger partial charge in [0.15, 0.2) is 0 Å². The molecule has 1 heterocycles. The van der Waals surface area contributed by atoms with Gasteiger partial charge in [0.2, 0.25) is 0 Å². The Morgan fingerprint density at radius 3 is 2.53 bits per heavy atom. The summed E-state index contributed by atoms with van der Waals surface area (Å²) in [6.45, 7) is 6.02. The number of methoxy groups -OCH3 is 1. The molecule has 1 rings (SSSR count). The van der Waals surface area contributed by atoms with Gasteiger partial charge in [-0.05, 0) is 23.6 Å². The molecule has 0 aromatic carbocycles. The number of ether oxygens (including phenoxy) is 1. The van der Waals surface area contributed by atoms with Gasteiger partial charge in [0.1, 0.15) is 0 Å². The fraction of sp³-hybridized carbons (Fsp3) is 0.583. The summed E-state index contributed by atoms with van der Waals surface area (Å²) >= 11 is 0. The van der Waals surface area contributed by atoms with Gasteiger partial charge in [0.25, 0.3) is 0 Å². The molecule has 0 radical (unpaired) electrons. The zero-order chi connectivity index (χ0) is 11.1. The molecule has 0 amide bonds. The predicted octanol–water partition coefficient (Wildman–Crippen LogP) is 1.84. The number of rotatable bonds is 6. The first-order valence-corrected chi connectivity index (χ1v) is 5.35. The Hall–Kier alpha value is -0.930. The van der Waals surface area contributed by atoms with Gasteiger partial charge in [-0.1, -0.05) is 13.8 Å². The van der Waals surface area contributed by atoms with Crippen LogP contribution in [-0.2, 0) is 11.3 Å². The number of aromatic nitrogens is 1. The first-order chi connectivity index (χ1) is 7.24. The molecule has 0 aliphatic carbocycles. The monoisotopic (exact) mass is 208 g/mol. The van der Waals surface area contributed by atoms with Crippen LogP contribution >= 0.6 is 0 Å². The third kappa shape index (κ3) is 4.40. The van der Waals surface area contributed by atoms with Gasteiger partial charge in [-0.15, -0.1) is 0 Å². The smallest absolute Gasteiger partial charge is 0.0618 e. The van der Waals surface area contributed by atoms with Crippen LogP contribution in [0.2, 0.25) is 0 Å². The van der Waals surface area contributed by atoms with Gasteiger partial charge in [0, 0.05) is 32.1 Å². The molecule has 0 fully saturated rings. The number of pyridine rings is 1. The Kier molecular flexibility index (Phi) is 5.29. The van der Waals surface area contributed by atoms with Crippen molar-refractivity contribution in [3.8, 4) is 0 Å². The van der Waals surface area contributed by atoms with E-state index in [2.05, 4.69) is 24.1 Å². The maximum atomic E-state index is 5.18. The van der Waals surface area contributed by atoms with Gasteiger partial charge in [0.05, 0.1) is 6.61 Å². The van der Waals surface area contributed by atoms with Crippen molar-refractivity contribution in [3.63, 3.8) is 0 Å². The van der Waals surface area contributed by atoms with E-state index in [1.165, 1.54) is 5.56 Å². The summed E-state index contributed by atoms with van der Waals surface area (Å²) < 4.78 is 5.18. The minimum atomic E-state index is 0.406. The van der Waals surface area contributed by atoms with E-state index >= 15 is 0 Å². The molecule has 1 unspecified atom stereocenters. The number of hydrogen-bond acceptors (Lipinski definition) is 3. The largest absolute Gasteiger partial charge is 0.383 e. The van der Waals surface area contributed by atoms with Crippen molar-refractivity contribution < 1.29 is 4.74 Å². The number of nitrogens with one attached hydrogen (secondary N) is 1. The van der Waals surface area contributed by atoms with Crippen molar-refractivity contribution in [1.29, 1.82) is 0 Å². The van der Waals surface area contributed by atoms with Crippen molar-refractivity contribution in [1.82, 2.24) is 10.3 Å². The summed E-state index contributed by atoms with van der Waals surface area (Å²) in [5, 5.41) is 3.48. The highest BCUT2D eigenvalue weighted by Gasteiger charge is 2.11. The average molecular weight is 208 g/mol. The fourth-order valence-electron chi connectivity index (χ4n) is 1.42. The predicted molar refractivity (Wildman–Crippen MR) is 61.6 cm³/mol. The van der Waals surface area contributed by atoms with Crippen LogP contribution in [0.25, 0.3) is 0 Å². The van der Waals surface area contributed by atoms with Crippen molar-refractivity contribution in [2.45, 2.75) is 26.4 Å². The quantitative estimate of drug-likeness (QED) is 0.774. The van der Waals surface area contributed by atoms with E-state index in [-0.39, 0.29) is 0 Å². The molecule has 3 heteroatoms. The second kappa shape index (κ2) is 6.53. The zero-order valence-corrected chi connectivity index (χ0v) is 9.73. The lowest BCUT2D eigenvalue weighted by molar-refractivity contribution is 0.146. The average Bonchev–Trinajstić information content (AvgIpc) is 2.25. The zero-order valence-electron chi connectivity index (χ0n) is 9.73. The van der Waals surface area contributed by atoms with Gasteiger partial charge in [-0.2, -0.15) is 0 Å². The van der Waals surface area contributed by atoms with Crippen LogP contribution in [0.15, 0.2) is 24.5 Å². The van der Waals surface area contributed by atoms with Crippen LogP contribution in [0.3, 0.4) is 0 Å². The normalized spacial score (nSPS) is 13.1. The molecule has 1 atom stereocenters. The van der Waals surface area contributed by atoms with Gasteiger partial charge >= 0.3 is 0 Å². The molecular formula is C12H20N2O. The van der Waals surface area contributed by atoms with Crippen LogP contribution in [0.4, 0.5) is 0 Å². The summed E-state index contributed by atoms with van der Waals surface area (Å²) in [4.78, 5) is 3.99. The first-order valence-electron chi connectivity index (χ1n) is 5.35. The fourth-order valence-corrected chi connectivity index (χ4v) is 1.42. The lowest BCUT2D eigenvalue weighted by atomic mass is 10.1. The Morgan fingerprint density at radius 1 is 1.33 bits per heavy atom. The van der Waals surface area contributed by atoms with E-state index in [1.807, 2.05) is 24.5 Å². The third-order valence-corrected chi connectivity index (χ3v) is 2.47. The standard InChI is InChI=1S/C12H20N2O/c1-10(2)12(9-15-3)14-8-11-4-6-13-7-5-11/h4-7,10,12,14H,8-9H2,1-3H3. The maximum Gasteiger partial charge on any atom is 0.0618 e. The second-order valence-electron chi connectivity index (χ2n) is 4.04.